The van der Waals surface area contributed by atoms with Crippen LogP contribution in [0.1, 0.15) is 40.3 Å². The first-order chi connectivity index (χ1) is 14.4. The first-order valence-corrected chi connectivity index (χ1v) is 10.1. The zero-order valence-corrected chi connectivity index (χ0v) is 17.5. The summed E-state index contributed by atoms with van der Waals surface area (Å²) in [6.45, 7) is 1.79. The van der Waals surface area contributed by atoms with E-state index < -0.39 is 5.97 Å². The molecule has 0 aliphatic heterocycles. The number of benzene rings is 2. The fraction of sp³-hybridized carbons (Fsp3) is 0.182. The second kappa shape index (κ2) is 8.50. The fourth-order valence-corrected chi connectivity index (χ4v) is 3.78. The number of hydrazone groups is 1. The standard InChI is InChI=1S/C22H17Cl2FN2O3/c1-12-20-17(27-26-15-8-6-14(25)7-9-15)3-2-4-19(20)29-21(12)22(28)30-18-10-5-13(23)11-16(18)24/h5-11,26H,2-4H2,1H3/b27-17+. The van der Waals surface area contributed by atoms with Gasteiger partial charge in [-0.25, -0.2) is 9.18 Å². The smallest absolute Gasteiger partial charge is 0.379 e. The maximum atomic E-state index is 13.1. The van der Waals surface area contributed by atoms with Gasteiger partial charge in [-0.15, -0.1) is 0 Å². The number of hydrogen-bond donors (Lipinski definition) is 1. The summed E-state index contributed by atoms with van der Waals surface area (Å²) in [7, 11) is 0. The molecule has 1 N–H and O–H groups in total. The zero-order chi connectivity index (χ0) is 21.3. The molecule has 1 aliphatic carbocycles. The molecule has 0 fully saturated rings. The van der Waals surface area contributed by atoms with Crippen LogP contribution >= 0.6 is 23.2 Å². The number of carbonyl (C=O) groups is 1. The van der Waals surface area contributed by atoms with Crippen LogP contribution < -0.4 is 10.2 Å². The van der Waals surface area contributed by atoms with Gasteiger partial charge in [0.15, 0.2) is 0 Å². The summed E-state index contributed by atoms with van der Waals surface area (Å²) in [5.74, 6) is 0.0430. The van der Waals surface area contributed by atoms with Gasteiger partial charge in [-0.1, -0.05) is 23.2 Å². The number of carbonyl (C=O) groups excluding carboxylic acids is 1. The third kappa shape index (κ3) is 4.20. The van der Waals surface area contributed by atoms with E-state index in [1.807, 2.05) is 0 Å². The van der Waals surface area contributed by atoms with Crippen molar-refractivity contribution in [3.63, 3.8) is 0 Å². The van der Waals surface area contributed by atoms with Crippen molar-refractivity contribution in [3.8, 4) is 5.75 Å². The molecule has 0 unspecified atom stereocenters. The third-order valence-electron chi connectivity index (χ3n) is 4.77. The number of hydrogen-bond acceptors (Lipinski definition) is 5. The molecule has 3 aromatic rings. The number of nitrogens with one attached hydrogen (secondary N) is 1. The second-order valence-corrected chi connectivity index (χ2v) is 7.69. The highest BCUT2D eigenvalue weighted by Crippen LogP contribution is 2.32. The van der Waals surface area contributed by atoms with Gasteiger partial charge < -0.3 is 9.15 Å². The molecule has 1 heterocycles. The van der Waals surface area contributed by atoms with Crippen molar-refractivity contribution in [1.29, 1.82) is 0 Å². The van der Waals surface area contributed by atoms with Crippen LogP contribution in [0.25, 0.3) is 0 Å². The normalized spacial score (nSPS) is 14.5. The van der Waals surface area contributed by atoms with Crippen molar-refractivity contribution in [2.75, 3.05) is 5.43 Å². The highest BCUT2D eigenvalue weighted by Gasteiger charge is 2.29. The Hall–Kier alpha value is -2.83. The lowest BCUT2D eigenvalue weighted by molar-refractivity contribution is 0.0698. The number of halogens is 3. The molecular weight excluding hydrogens is 430 g/mol. The summed E-state index contributed by atoms with van der Waals surface area (Å²) in [6.07, 6.45) is 2.25. The van der Waals surface area contributed by atoms with Gasteiger partial charge in [-0.2, -0.15) is 5.10 Å². The maximum absolute atomic E-state index is 13.1. The van der Waals surface area contributed by atoms with E-state index >= 15 is 0 Å². The number of nitrogens with zero attached hydrogens (tertiary/aromatic N) is 1. The van der Waals surface area contributed by atoms with Gasteiger partial charge in [-0.05, 0) is 62.2 Å². The minimum absolute atomic E-state index is 0.113. The first kappa shape index (κ1) is 20.4. The van der Waals surface area contributed by atoms with E-state index in [0.717, 1.165) is 24.1 Å². The van der Waals surface area contributed by atoms with E-state index in [0.29, 0.717) is 28.5 Å². The van der Waals surface area contributed by atoms with Crippen LogP contribution in [0.5, 0.6) is 5.75 Å². The molecule has 0 spiro atoms. The minimum Gasteiger partial charge on any atom is -0.453 e. The molecule has 4 rings (SSSR count). The fourth-order valence-electron chi connectivity index (χ4n) is 3.34. The Morgan fingerprint density at radius 1 is 1.17 bits per heavy atom. The highest BCUT2D eigenvalue weighted by molar-refractivity contribution is 6.35. The second-order valence-electron chi connectivity index (χ2n) is 6.85. The Balaban J connectivity index is 1.59. The molecule has 0 bridgehead atoms. The molecule has 1 aliphatic rings. The Bertz CT molecular complexity index is 1140. The summed E-state index contributed by atoms with van der Waals surface area (Å²) in [5.41, 5.74) is 5.81. The van der Waals surface area contributed by atoms with E-state index in [2.05, 4.69) is 10.5 Å². The van der Waals surface area contributed by atoms with E-state index in [-0.39, 0.29) is 22.3 Å². The number of furan rings is 1. The number of ether oxygens (including phenoxy) is 1. The molecule has 30 heavy (non-hydrogen) atoms. The van der Waals surface area contributed by atoms with E-state index in [9.17, 15) is 9.18 Å². The molecule has 5 nitrogen and oxygen atoms in total. The number of rotatable bonds is 4. The van der Waals surface area contributed by atoms with Crippen LogP contribution in [0.4, 0.5) is 10.1 Å². The summed E-state index contributed by atoms with van der Waals surface area (Å²) < 4.78 is 24.3. The minimum atomic E-state index is -0.642. The van der Waals surface area contributed by atoms with E-state index in [1.54, 1.807) is 25.1 Å². The van der Waals surface area contributed by atoms with Gasteiger partial charge in [0.25, 0.3) is 0 Å². The Kier molecular flexibility index (Phi) is 5.79. The summed E-state index contributed by atoms with van der Waals surface area (Å²) >= 11 is 12.0. The average molecular weight is 447 g/mol. The van der Waals surface area contributed by atoms with E-state index in [4.69, 9.17) is 32.4 Å². The van der Waals surface area contributed by atoms with E-state index in [1.165, 1.54) is 24.3 Å². The van der Waals surface area contributed by atoms with Crippen LogP contribution in [0.3, 0.4) is 0 Å². The van der Waals surface area contributed by atoms with Gasteiger partial charge in [-0.3, -0.25) is 5.43 Å². The van der Waals surface area contributed by atoms with Crippen LogP contribution in [0.2, 0.25) is 10.0 Å². The summed E-state index contributed by atoms with van der Waals surface area (Å²) in [5, 5.41) is 5.14. The van der Waals surface area contributed by atoms with Crippen molar-refractivity contribution in [1.82, 2.24) is 0 Å². The van der Waals surface area contributed by atoms with Crippen molar-refractivity contribution < 1.29 is 18.3 Å². The lowest BCUT2D eigenvalue weighted by atomic mass is 9.93. The van der Waals surface area contributed by atoms with Crippen LogP contribution in [0, 0.1) is 12.7 Å². The number of esters is 1. The molecule has 8 heteroatoms. The van der Waals surface area contributed by atoms with Gasteiger partial charge in [0.1, 0.15) is 17.3 Å². The van der Waals surface area contributed by atoms with Gasteiger partial charge in [0.2, 0.25) is 5.76 Å². The molecule has 154 valence electrons. The summed E-state index contributed by atoms with van der Waals surface area (Å²) in [6, 6.07) is 10.5. The quantitative estimate of drug-likeness (QED) is 0.285. The Labute approximate surface area is 182 Å². The molecule has 0 saturated heterocycles. The predicted molar refractivity (Wildman–Crippen MR) is 114 cm³/mol. The lowest BCUT2D eigenvalue weighted by Gasteiger charge is -2.13. The topological polar surface area (TPSA) is 63.8 Å². The van der Waals surface area contributed by atoms with Crippen LogP contribution in [-0.4, -0.2) is 11.7 Å². The summed E-state index contributed by atoms with van der Waals surface area (Å²) in [4.78, 5) is 12.7. The molecule has 0 radical (unpaired) electrons. The Morgan fingerprint density at radius 3 is 2.67 bits per heavy atom. The molecule has 1 aromatic heterocycles. The van der Waals surface area contributed by atoms with Crippen molar-refractivity contribution in [3.05, 3.63) is 81.0 Å². The van der Waals surface area contributed by atoms with Crippen molar-refractivity contribution in [2.24, 2.45) is 5.10 Å². The average Bonchev–Trinajstić information content (AvgIpc) is 3.07. The Morgan fingerprint density at radius 2 is 1.93 bits per heavy atom. The van der Waals surface area contributed by atoms with Crippen LogP contribution in [-0.2, 0) is 6.42 Å². The van der Waals surface area contributed by atoms with Crippen LogP contribution in [0.15, 0.2) is 52.0 Å². The first-order valence-electron chi connectivity index (χ1n) is 9.30. The largest absolute Gasteiger partial charge is 0.453 e. The maximum Gasteiger partial charge on any atom is 0.379 e. The van der Waals surface area contributed by atoms with Gasteiger partial charge >= 0.3 is 5.97 Å². The molecular formula is C22H17Cl2FN2O3. The monoisotopic (exact) mass is 446 g/mol. The lowest BCUT2D eigenvalue weighted by Crippen LogP contribution is -2.13. The van der Waals surface area contributed by atoms with Crippen molar-refractivity contribution >= 4 is 40.6 Å². The number of fused-ring (bicyclic) bond motifs is 1. The van der Waals surface area contributed by atoms with Crippen molar-refractivity contribution in [2.45, 2.75) is 26.2 Å². The number of aryl methyl sites for hydroxylation is 1. The molecule has 0 amide bonds. The van der Waals surface area contributed by atoms with Gasteiger partial charge in [0, 0.05) is 22.6 Å². The SMILES string of the molecule is Cc1c(C(=O)Oc2ccc(Cl)cc2Cl)oc2c1/C(=N/Nc1ccc(F)cc1)CCC2. The molecule has 2 aromatic carbocycles. The number of anilines is 1. The zero-order valence-electron chi connectivity index (χ0n) is 16.0. The highest BCUT2D eigenvalue weighted by atomic mass is 35.5. The van der Waals surface area contributed by atoms with Gasteiger partial charge in [0.05, 0.1) is 16.4 Å². The third-order valence-corrected chi connectivity index (χ3v) is 5.30. The molecule has 0 saturated carbocycles. The molecule has 0 atom stereocenters. The predicted octanol–water partition coefficient (Wildman–Crippen LogP) is 6.41.